The smallest absolute Gasteiger partial charge is 0.153 e. The van der Waals surface area contributed by atoms with E-state index in [1.807, 2.05) is 6.07 Å². The highest BCUT2D eigenvalue weighted by molar-refractivity contribution is 6.29. The Hall–Kier alpha value is -1.00. The number of hydrogen-bond acceptors (Lipinski definition) is 4. The molecule has 1 aliphatic rings. The van der Waals surface area contributed by atoms with Gasteiger partial charge in [-0.2, -0.15) is 0 Å². The van der Waals surface area contributed by atoms with Crippen LogP contribution in [0.1, 0.15) is 19.8 Å². The van der Waals surface area contributed by atoms with Gasteiger partial charge in [0, 0.05) is 26.2 Å². The van der Waals surface area contributed by atoms with Crippen molar-refractivity contribution in [3.05, 3.63) is 17.3 Å². The molecule has 0 bridgehead atoms. The molecule has 2 heterocycles. The minimum atomic E-state index is 0.497. The van der Waals surface area contributed by atoms with Gasteiger partial charge in [-0.1, -0.05) is 18.5 Å². The Morgan fingerprint density at radius 1 is 1.44 bits per heavy atom. The van der Waals surface area contributed by atoms with Crippen LogP contribution in [0.5, 0.6) is 0 Å². The highest BCUT2D eigenvalue weighted by atomic mass is 35.5. The second kappa shape index (κ2) is 5.76. The summed E-state index contributed by atoms with van der Waals surface area (Å²) in [5, 5.41) is 0.497. The number of piperidine rings is 1. The predicted octanol–water partition coefficient (Wildman–Crippen LogP) is 2.24. The Kier molecular flexibility index (Phi) is 4.30. The molecular formula is C13H21ClN4. The predicted molar refractivity (Wildman–Crippen MR) is 77.2 cm³/mol. The summed E-state index contributed by atoms with van der Waals surface area (Å²) in [7, 11) is 2.06. The van der Waals surface area contributed by atoms with Gasteiger partial charge in [-0.25, -0.2) is 4.98 Å². The van der Waals surface area contributed by atoms with Crippen LogP contribution in [0.3, 0.4) is 0 Å². The second-order valence-corrected chi connectivity index (χ2v) is 5.21. The third-order valence-corrected chi connectivity index (χ3v) is 3.97. The first-order chi connectivity index (χ1) is 8.61. The third kappa shape index (κ3) is 2.87. The number of pyridine rings is 1. The van der Waals surface area contributed by atoms with Crippen molar-refractivity contribution in [1.82, 2.24) is 9.88 Å². The van der Waals surface area contributed by atoms with Gasteiger partial charge in [0.15, 0.2) is 5.82 Å². The van der Waals surface area contributed by atoms with Gasteiger partial charge >= 0.3 is 0 Å². The minimum Gasteiger partial charge on any atom is -0.396 e. The highest BCUT2D eigenvalue weighted by Gasteiger charge is 2.23. The molecule has 1 aromatic heterocycles. The van der Waals surface area contributed by atoms with Crippen molar-refractivity contribution in [1.29, 1.82) is 0 Å². The van der Waals surface area contributed by atoms with Crippen LogP contribution in [-0.2, 0) is 0 Å². The third-order valence-electron chi connectivity index (χ3n) is 3.76. The molecular weight excluding hydrogens is 248 g/mol. The molecule has 1 fully saturated rings. The fourth-order valence-electron chi connectivity index (χ4n) is 2.51. The lowest BCUT2D eigenvalue weighted by Crippen LogP contribution is -2.43. The minimum absolute atomic E-state index is 0.497. The Labute approximate surface area is 114 Å². The molecule has 0 atom stereocenters. The van der Waals surface area contributed by atoms with E-state index in [2.05, 4.69) is 28.8 Å². The van der Waals surface area contributed by atoms with Crippen molar-refractivity contribution in [2.45, 2.75) is 25.8 Å². The van der Waals surface area contributed by atoms with Crippen LogP contribution in [0.15, 0.2) is 12.1 Å². The Balaban J connectivity index is 2.07. The second-order valence-electron chi connectivity index (χ2n) is 4.82. The molecule has 18 heavy (non-hydrogen) atoms. The highest BCUT2D eigenvalue weighted by Crippen LogP contribution is 2.26. The first-order valence-corrected chi connectivity index (χ1v) is 6.86. The summed E-state index contributed by atoms with van der Waals surface area (Å²) in [5.74, 6) is 0.803. The topological polar surface area (TPSA) is 45.4 Å². The van der Waals surface area contributed by atoms with Crippen LogP contribution < -0.4 is 10.6 Å². The lowest BCUT2D eigenvalue weighted by atomic mass is 10.0. The van der Waals surface area contributed by atoms with Crippen molar-refractivity contribution < 1.29 is 0 Å². The number of hydrogen-bond donors (Lipinski definition) is 1. The SMILES string of the molecule is CCN1CCC(N(C)c2nc(Cl)ccc2N)CC1. The van der Waals surface area contributed by atoms with E-state index in [9.17, 15) is 0 Å². The summed E-state index contributed by atoms with van der Waals surface area (Å²) in [4.78, 5) is 8.99. The first kappa shape index (κ1) is 13.4. The van der Waals surface area contributed by atoms with E-state index in [0.29, 0.717) is 16.9 Å². The molecule has 1 saturated heterocycles. The molecule has 0 unspecified atom stereocenters. The van der Waals surface area contributed by atoms with Gasteiger partial charge in [0.2, 0.25) is 0 Å². The maximum absolute atomic E-state index is 5.98. The lowest BCUT2D eigenvalue weighted by Gasteiger charge is -2.37. The Morgan fingerprint density at radius 2 is 2.11 bits per heavy atom. The van der Waals surface area contributed by atoms with Crippen LogP contribution in [0, 0.1) is 0 Å². The zero-order chi connectivity index (χ0) is 13.1. The molecule has 0 aromatic carbocycles. The van der Waals surface area contributed by atoms with Crippen LogP contribution in [0.25, 0.3) is 0 Å². The molecule has 1 aliphatic heterocycles. The first-order valence-electron chi connectivity index (χ1n) is 6.49. The number of nitrogens with zero attached hydrogens (tertiary/aromatic N) is 3. The van der Waals surface area contributed by atoms with Crippen LogP contribution in [0.4, 0.5) is 11.5 Å². The lowest BCUT2D eigenvalue weighted by molar-refractivity contribution is 0.220. The van der Waals surface area contributed by atoms with Crippen LogP contribution >= 0.6 is 11.6 Å². The van der Waals surface area contributed by atoms with Crippen LogP contribution in [0.2, 0.25) is 5.15 Å². The Bertz CT molecular complexity index is 402. The fraction of sp³-hybridized carbons (Fsp3) is 0.615. The average molecular weight is 269 g/mol. The van der Waals surface area contributed by atoms with E-state index in [0.717, 1.165) is 38.3 Å². The standard InChI is InChI=1S/C13H21ClN4/c1-3-18-8-6-10(7-9-18)17(2)13-11(15)4-5-12(14)16-13/h4-5,10H,3,6-9,15H2,1-2H3. The zero-order valence-electron chi connectivity index (χ0n) is 11.1. The molecule has 4 nitrogen and oxygen atoms in total. The van der Waals surface area contributed by atoms with Crippen molar-refractivity contribution in [2.75, 3.05) is 37.3 Å². The van der Waals surface area contributed by atoms with E-state index in [4.69, 9.17) is 17.3 Å². The normalized spacial score (nSPS) is 17.9. The summed E-state index contributed by atoms with van der Waals surface area (Å²) < 4.78 is 0. The number of halogens is 1. The summed E-state index contributed by atoms with van der Waals surface area (Å²) in [6.07, 6.45) is 2.30. The molecule has 0 amide bonds. The van der Waals surface area contributed by atoms with Crippen molar-refractivity contribution in [3.63, 3.8) is 0 Å². The molecule has 0 radical (unpaired) electrons. The van der Waals surface area contributed by atoms with Gasteiger partial charge in [-0.05, 0) is 31.5 Å². The van der Waals surface area contributed by atoms with Gasteiger partial charge in [0.1, 0.15) is 5.15 Å². The number of aromatic nitrogens is 1. The average Bonchev–Trinajstić information content (AvgIpc) is 2.41. The Morgan fingerprint density at radius 3 is 2.72 bits per heavy atom. The summed E-state index contributed by atoms with van der Waals surface area (Å²) in [6.45, 7) is 5.63. The van der Waals surface area contributed by atoms with E-state index in [-0.39, 0.29) is 0 Å². The fourth-order valence-corrected chi connectivity index (χ4v) is 2.66. The number of anilines is 2. The van der Waals surface area contributed by atoms with Crippen molar-refractivity contribution >= 4 is 23.1 Å². The number of likely N-dealkylation sites (tertiary alicyclic amines) is 1. The molecule has 1 aromatic rings. The van der Waals surface area contributed by atoms with E-state index >= 15 is 0 Å². The largest absolute Gasteiger partial charge is 0.396 e. The molecule has 5 heteroatoms. The summed E-state index contributed by atoms with van der Waals surface area (Å²) in [6, 6.07) is 4.05. The number of rotatable bonds is 3. The van der Waals surface area contributed by atoms with Crippen molar-refractivity contribution in [2.24, 2.45) is 0 Å². The quantitative estimate of drug-likeness (QED) is 0.854. The molecule has 0 aliphatic carbocycles. The molecule has 2 N–H and O–H groups in total. The van der Waals surface area contributed by atoms with Crippen molar-refractivity contribution in [3.8, 4) is 0 Å². The van der Waals surface area contributed by atoms with Gasteiger partial charge < -0.3 is 15.5 Å². The monoisotopic (exact) mass is 268 g/mol. The van der Waals surface area contributed by atoms with Crippen LogP contribution in [-0.4, -0.2) is 42.6 Å². The molecule has 0 spiro atoms. The summed E-state index contributed by atoms with van der Waals surface area (Å²) >= 11 is 5.94. The van der Waals surface area contributed by atoms with Gasteiger partial charge in [0.25, 0.3) is 0 Å². The number of nitrogen functional groups attached to an aromatic ring is 1. The molecule has 0 saturated carbocycles. The number of nitrogens with two attached hydrogens (primary N) is 1. The van der Waals surface area contributed by atoms with Gasteiger partial charge in [-0.15, -0.1) is 0 Å². The molecule has 100 valence electrons. The van der Waals surface area contributed by atoms with E-state index < -0.39 is 0 Å². The maximum atomic E-state index is 5.98. The zero-order valence-corrected chi connectivity index (χ0v) is 11.8. The maximum Gasteiger partial charge on any atom is 0.153 e. The van der Waals surface area contributed by atoms with E-state index in [1.165, 1.54) is 0 Å². The van der Waals surface area contributed by atoms with Gasteiger partial charge in [-0.3, -0.25) is 0 Å². The summed E-state index contributed by atoms with van der Waals surface area (Å²) in [5.41, 5.74) is 6.67. The van der Waals surface area contributed by atoms with Gasteiger partial charge in [0.05, 0.1) is 5.69 Å². The van der Waals surface area contributed by atoms with E-state index in [1.54, 1.807) is 6.07 Å². The molecule has 2 rings (SSSR count).